The van der Waals surface area contributed by atoms with Gasteiger partial charge in [-0.1, -0.05) is 44.2 Å². The Morgan fingerprint density at radius 2 is 1.87 bits per heavy atom. The van der Waals surface area contributed by atoms with Crippen LogP contribution in [0.25, 0.3) is 0 Å². The highest BCUT2D eigenvalue weighted by Gasteiger charge is 2.42. The van der Waals surface area contributed by atoms with Gasteiger partial charge in [0.05, 0.1) is 18.5 Å². The van der Waals surface area contributed by atoms with Crippen LogP contribution in [0.4, 0.5) is 0 Å². The fourth-order valence-corrected chi connectivity index (χ4v) is 6.07. The summed E-state index contributed by atoms with van der Waals surface area (Å²) in [5.41, 5.74) is 0.591. The van der Waals surface area contributed by atoms with Gasteiger partial charge in [-0.25, -0.2) is 0 Å². The molecule has 31 heavy (non-hydrogen) atoms. The molecule has 4 rings (SSSR count). The van der Waals surface area contributed by atoms with Crippen molar-refractivity contribution >= 4 is 18.4 Å². The lowest BCUT2D eigenvalue weighted by molar-refractivity contribution is -0.0150. The number of hydrogen-bond acceptors (Lipinski definition) is 6. The zero-order valence-electron chi connectivity index (χ0n) is 18.1. The maximum Gasteiger partial charge on any atom is 0.278 e. The van der Waals surface area contributed by atoms with Crippen LogP contribution in [0.15, 0.2) is 41.3 Å². The Labute approximate surface area is 181 Å². The summed E-state index contributed by atoms with van der Waals surface area (Å²) in [5, 5.41) is 2.08. The van der Waals surface area contributed by atoms with Crippen LogP contribution in [0.5, 0.6) is 5.75 Å². The van der Waals surface area contributed by atoms with Crippen molar-refractivity contribution in [3.05, 3.63) is 58.0 Å². The van der Waals surface area contributed by atoms with E-state index in [0.717, 1.165) is 5.56 Å². The second-order valence-electron chi connectivity index (χ2n) is 7.79. The number of aromatic nitrogens is 1. The predicted octanol–water partition coefficient (Wildman–Crippen LogP) is 1.84. The van der Waals surface area contributed by atoms with E-state index in [1.807, 2.05) is 56.2 Å². The Bertz CT molecular complexity index is 1080. The second-order valence-corrected chi connectivity index (χ2v) is 11.3. The van der Waals surface area contributed by atoms with Crippen molar-refractivity contribution in [1.29, 1.82) is 0 Å². The van der Waals surface area contributed by atoms with Crippen molar-refractivity contribution in [1.82, 2.24) is 9.58 Å². The second kappa shape index (κ2) is 8.52. The monoisotopic (exact) mass is 445 g/mol. The SMILES string of the molecule is CCP(=O)(CC)c1cn2c(c(OCc3ccccc3)c1=O)C(=O)N1CCOC[C@H]1N2C. The number of pyridine rings is 1. The first-order valence-electron chi connectivity index (χ1n) is 10.6. The van der Waals surface area contributed by atoms with E-state index in [-0.39, 0.29) is 35.4 Å². The summed E-state index contributed by atoms with van der Waals surface area (Å²) in [5.74, 6) is -0.314. The summed E-state index contributed by atoms with van der Waals surface area (Å²) in [7, 11) is -1.09. The van der Waals surface area contributed by atoms with Crippen LogP contribution in [0, 0.1) is 0 Å². The lowest BCUT2D eigenvalue weighted by Crippen LogP contribution is -2.64. The van der Waals surface area contributed by atoms with E-state index in [0.29, 0.717) is 32.1 Å². The number of benzene rings is 1. The number of morpholine rings is 1. The Morgan fingerprint density at radius 3 is 2.55 bits per heavy atom. The average Bonchev–Trinajstić information content (AvgIpc) is 2.81. The number of carbonyl (C=O) groups is 1. The molecule has 2 aliphatic heterocycles. The summed E-state index contributed by atoms with van der Waals surface area (Å²) in [4.78, 5) is 28.6. The summed E-state index contributed by atoms with van der Waals surface area (Å²) in [6.07, 6.45) is 2.01. The average molecular weight is 445 g/mol. The van der Waals surface area contributed by atoms with E-state index in [9.17, 15) is 14.2 Å². The van der Waals surface area contributed by atoms with E-state index in [2.05, 4.69) is 0 Å². The van der Waals surface area contributed by atoms with Crippen LogP contribution < -0.4 is 20.5 Å². The van der Waals surface area contributed by atoms with Crippen LogP contribution >= 0.6 is 7.14 Å². The maximum absolute atomic E-state index is 13.5. The molecular weight excluding hydrogens is 417 g/mol. The maximum atomic E-state index is 13.5. The molecule has 3 heterocycles. The number of nitrogens with zero attached hydrogens (tertiary/aromatic N) is 3. The number of hydrogen-bond donors (Lipinski definition) is 0. The quantitative estimate of drug-likeness (QED) is 0.632. The number of rotatable bonds is 6. The lowest BCUT2D eigenvalue weighted by Gasteiger charge is -2.47. The molecule has 0 saturated carbocycles. The van der Waals surface area contributed by atoms with Gasteiger partial charge in [-0.05, 0) is 5.56 Å². The molecule has 2 aromatic rings. The smallest absolute Gasteiger partial charge is 0.278 e. The Hall–Kier alpha value is -2.57. The van der Waals surface area contributed by atoms with Gasteiger partial charge in [-0.2, -0.15) is 0 Å². The summed E-state index contributed by atoms with van der Waals surface area (Å²) in [6.45, 7) is 5.03. The van der Waals surface area contributed by atoms with E-state index >= 15 is 0 Å². The first-order chi connectivity index (χ1) is 14.9. The third-order valence-electron chi connectivity index (χ3n) is 6.15. The van der Waals surface area contributed by atoms with E-state index < -0.39 is 12.6 Å². The first-order valence-corrected chi connectivity index (χ1v) is 12.7. The van der Waals surface area contributed by atoms with Crippen molar-refractivity contribution < 1.29 is 18.8 Å². The van der Waals surface area contributed by atoms with Crippen molar-refractivity contribution in [2.24, 2.45) is 0 Å². The summed E-state index contributed by atoms with van der Waals surface area (Å²) in [6, 6.07) is 9.45. The highest BCUT2D eigenvalue weighted by molar-refractivity contribution is 7.71. The highest BCUT2D eigenvalue weighted by Crippen LogP contribution is 2.43. The molecule has 1 saturated heterocycles. The molecule has 0 aliphatic carbocycles. The van der Waals surface area contributed by atoms with Gasteiger partial charge in [0.1, 0.15) is 19.9 Å². The topological polar surface area (TPSA) is 81.1 Å². The Balaban J connectivity index is 1.89. The molecule has 9 heteroatoms. The normalized spacial score (nSPS) is 18.5. The van der Waals surface area contributed by atoms with Gasteiger partial charge in [0.2, 0.25) is 5.43 Å². The van der Waals surface area contributed by atoms with E-state index in [4.69, 9.17) is 9.47 Å². The van der Waals surface area contributed by atoms with Gasteiger partial charge in [-0.3, -0.25) is 19.3 Å². The van der Waals surface area contributed by atoms with Gasteiger partial charge in [-0.15, -0.1) is 0 Å². The molecule has 1 aromatic carbocycles. The molecule has 1 amide bonds. The van der Waals surface area contributed by atoms with E-state index in [1.54, 1.807) is 15.8 Å². The zero-order chi connectivity index (χ0) is 22.2. The Kier molecular flexibility index (Phi) is 5.95. The van der Waals surface area contributed by atoms with Crippen LogP contribution in [0.3, 0.4) is 0 Å². The number of amides is 1. The van der Waals surface area contributed by atoms with Crippen molar-refractivity contribution in [3.8, 4) is 5.75 Å². The molecule has 2 aliphatic rings. The minimum atomic E-state index is -2.92. The number of ether oxygens (including phenoxy) is 2. The van der Waals surface area contributed by atoms with Crippen molar-refractivity contribution in [3.63, 3.8) is 0 Å². The molecule has 0 unspecified atom stereocenters. The summed E-state index contributed by atoms with van der Waals surface area (Å²) >= 11 is 0. The molecule has 0 radical (unpaired) electrons. The van der Waals surface area contributed by atoms with Crippen molar-refractivity contribution in [2.75, 3.05) is 44.1 Å². The number of carbonyl (C=O) groups excluding carboxylic acids is 1. The predicted molar refractivity (Wildman–Crippen MR) is 120 cm³/mol. The fourth-order valence-electron chi connectivity index (χ4n) is 4.15. The largest absolute Gasteiger partial charge is 0.482 e. The third kappa shape index (κ3) is 3.68. The van der Waals surface area contributed by atoms with Gasteiger partial charge in [0, 0.05) is 32.1 Å². The van der Waals surface area contributed by atoms with Crippen LogP contribution in [-0.4, -0.2) is 60.8 Å². The van der Waals surface area contributed by atoms with Crippen molar-refractivity contribution in [2.45, 2.75) is 26.6 Å². The minimum Gasteiger partial charge on any atom is -0.482 e. The van der Waals surface area contributed by atoms with Gasteiger partial charge in [0.25, 0.3) is 5.91 Å². The standard InChI is InChI=1S/C22H28N3O5P/c1-4-31(28,5-2)17-13-25-19(22(27)24-11-12-29-15-18(24)23(25)3)21(20(17)26)30-14-16-9-7-6-8-10-16/h6-10,13,18H,4-5,11-12,14-15H2,1-3H3/t18-/m0/s1. The highest BCUT2D eigenvalue weighted by atomic mass is 31.2. The molecule has 1 fully saturated rings. The molecule has 166 valence electrons. The van der Waals surface area contributed by atoms with Crippen LogP contribution in [0.2, 0.25) is 0 Å². The molecule has 1 atom stereocenters. The molecule has 0 N–H and O–H groups in total. The van der Waals surface area contributed by atoms with E-state index in [1.165, 1.54) is 0 Å². The van der Waals surface area contributed by atoms with Gasteiger partial charge < -0.3 is 18.9 Å². The zero-order valence-corrected chi connectivity index (χ0v) is 19.0. The Morgan fingerprint density at radius 1 is 1.16 bits per heavy atom. The third-order valence-corrected chi connectivity index (χ3v) is 9.39. The van der Waals surface area contributed by atoms with Crippen LogP contribution in [0.1, 0.15) is 29.9 Å². The molecule has 0 bridgehead atoms. The molecule has 1 aromatic heterocycles. The fraction of sp³-hybridized carbons (Fsp3) is 0.455. The molecule has 0 spiro atoms. The minimum absolute atomic E-state index is 0.0368. The summed E-state index contributed by atoms with van der Waals surface area (Å²) < 4.78 is 26.7. The lowest BCUT2D eigenvalue weighted by atomic mass is 10.2. The van der Waals surface area contributed by atoms with Gasteiger partial charge in [0.15, 0.2) is 11.4 Å². The number of fused-ring (bicyclic) bond motifs is 2. The van der Waals surface area contributed by atoms with Crippen LogP contribution in [-0.2, 0) is 15.9 Å². The number of likely N-dealkylation sites (N-methyl/N-ethyl adjacent to an activating group) is 1. The van der Waals surface area contributed by atoms with Gasteiger partial charge >= 0.3 is 0 Å². The first kappa shape index (κ1) is 21.7. The molecular formula is C22H28N3O5P. The molecule has 8 nitrogen and oxygen atoms in total.